The van der Waals surface area contributed by atoms with Gasteiger partial charge < -0.3 is 5.32 Å². The van der Waals surface area contributed by atoms with Crippen LogP contribution in [-0.2, 0) is 11.0 Å². The van der Waals surface area contributed by atoms with E-state index in [0.29, 0.717) is 0 Å². The Morgan fingerprint density at radius 3 is 2.63 bits per heavy atom. The van der Waals surface area contributed by atoms with Gasteiger partial charge in [-0.05, 0) is 30.3 Å². The molecule has 1 unspecified atom stereocenters. The van der Waals surface area contributed by atoms with Gasteiger partial charge in [-0.3, -0.25) is 14.9 Å². The highest BCUT2D eigenvalue weighted by Gasteiger charge is 2.31. The number of hydrogen-bond donors (Lipinski definition) is 1. The first-order valence-electron chi connectivity index (χ1n) is 8.28. The molecule has 3 aromatic rings. The zero-order valence-electron chi connectivity index (χ0n) is 15.1. The number of anilines is 1. The van der Waals surface area contributed by atoms with E-state index in [2.05, 4.69) is 20.7 Å². The van der Waals surface area contributed by atoms with Gasteiger partial charge in [-0.1, -0.05) is 23.7 Å². The molecule has 0 aliphatic rings. The van der Waals surface area contributed by atoms with Crippen molar-refractivity contribution >= 4 is 28.9 Å². The molecule has 156 valence electrons. The highest BCUT2D eigenvalue weighted by atomic mass is 35.5. The third-order valence-electron chi connectivity index (χ3n) is 4.02. The molecule has 30 heavy (non-hydrogen) atoms. The van der Waals surface area contributed by atoms with Crippen LogP contribution in [0.1, 0.15) is 18.5 Å². The van der Waals surface area contributed by atoms with E-state index in [9.17, 15) is 28.1 Å². The Morgan fingerprint density at radius 2 is 2.00 bits per heavy atom. The molecular formula is C17H12ClF3N6O3. The Balaban J connectivity index is 1.77. The van der Waals surface area contributed by atoms with E-state index < -0.39 is 28.6 Å². The third-order valence-corrected chi connectivity index (χ3v) is 4.34. The first-order valence-corrected chi connectivity index (χ1v) is 8.66. The molecule has 1 heterocycles. The quantitative estimate of drug-likeness (QED) is 0.471. The molecule has 0 saturated heterocycles. The van der Waals surface area contributed by atoms with Gasteiger partial charge in [0.2, 0.25) is 5.82 Å². The lowest BCUT2D eigenvalue weighted by molar-refractivity contribution is -0.384. The maximum atomic E-state index is 12.9. The van der Waals surface area contributed by atoms with Crippen LogP contribution in [0.25, 0.3) is 11.4 Å². The highest BCUT2D eigenvalue weighted by Crippen LogP contribution is 2.31. The van der Waals surface area contributed by atoms with Crippen LogP contribution < -0.4 is 5.32 Å². The molecule has 9 nitrogen and oxygen atoms in total. The third kappa shape index (κ3) is 4.54. The zero-order valence-corrected chi connectivity index (χ0v) is 15.8. The Labute approximate surface area is 171 Å². The maximum absolute atomic E-state index is 12.9. The molecule has 1 aromatic heterocycles. The predicted molar refractivity (Wildman–Crippen MR) is 99.7 cm³/mol. The van der Waals surface area contributed by atoms with E-state index in [1.54, 1.807) is 0 Å². The summed E-state index contributed by atoms with van der Waals surface area (Å²) in [6, 6.07) is 6.92. The topological polar surface area (TPSA) is 116 Å². The summed E-state index contributed by atoms with van der Waals surface area (Å²) in [6.07, 6.45) is -4.52. The number of non-ortho nitro benzene ring substituents is 1. The molecule has 2 aromatic carbocycles. The molecule has 0 aliphatic carbocycles. The van der Waals surface area contributed by atoms with Gasteiger partial charge in [-0.25, -0.2) is 0 Å². The number of nitro groups is 1. The van der Waals surface area contributed by atoms with E-state index in [4.69, 9.17) is 11.6 Å². The lowest BCUT2D eigenvalue weighted by Crippen LogP contribution is -2.25. The van der Waals surface area contributed by atoms with Crippen LogP contribution >= 0.6 is 11.6 Å². The monoisotopic (exact) mass is 440 g/mol. The Morgan fingerprint density at radius 1 is 1.27 bits per heavy atom. The standard InChI is InChI=1S/C17H12ClF3N6O3/c1-9(16(28)22-14-6-5-12(27(29)30)8-13(14)18)26-24-15(23-25-26)10-3-2-4-11(7-10)17(19,20)21/h2-9H,1H3,(H,22,28). The SMILES string of the molecule is CC(C(=O)Nc1ccc([N+](=O)[O-])cc1Cl)n1nnc(-c2cccc(C(F)(F)F)c2)n1. The second-order valence-corrected chi connectivity index (χ2v) is 6.51. The summed E-state index contributed by atoms with van der Waals surface area (Å²) in [5, 5.41) is 24.6. The molecule has 0 fully saturated rings. The summed E-state index contributed by atoms with van der Waals surface area (Å²) in [7, 11) is 0. The van der Waals surface area contributed by atoms with Crippen LogP contribution in [0.2, 0.25) is 5.02 Å². The Bertz CT molecular complexity index is 1120. The molecular weight excluding hydrogens is 429 g/mol. The van der Waals surface area contributed by atoms with Crippen molar-refractivity contribution in [3.63, 3.8) is 0 Å². The van der Waals surface area contributed by atoms with Gasteiger partial charge in [0.1, 0.15) is 6.04 Å². The predicted octanol–water partition coefficient (Wildman–Crippen LogP) is 4.12. The van der Waals surface area contributed by atoms with E-state index in [-0.39, 0.29) is 27.8 Å². The minimum absolute atomic E-state index is 0.0408. The number of halogens is 4. The smallest absolute Gasteiger partial charge is 0.323 e. The number of benzene rings is 2. The van der Waals surface area contributed by atoms with Crippen molar-refractivity contribution < 1.29 is 22.9 Å². The zero-order chi connectivity index (χ0) is 22.1. The summed E-state index contributed by atoms with van der Waals surface area (Å²) in [6.45, 7) is 1.44. The summed E-state index contributed by atoms with van der Waals surface area (Å²) in [4.78, 5) is 23.5. The van der Waals surface area contributed by atoms with Crippen molar-refractivity contribution in [3.8, 4) is 11.4 Å². The molecule has 13 heteroatoms. The average molecular weight is 441 g/mol. The molecule has 0 bridgehead atoms. The first kappa shape index (κ1) is 21.2. The number of nitrogens with zero attached hydrogens (tertiary/aromatic N) is 5. The molecule has 0 saturated carbocycles. The van der Waals surface area contributed by atoms with Crippen molar-refractivity contribution in [1.29, 1.82) is 0 Å². The molecule has 0 radical (unpaired) electrons. The Hall–Kier alpha value is -3.54. The van der Waals surface area contributed by atoms with Gasteiger partial charge in [0, 0.05) is 17.7 Å². The fourth-order valence-electron chi connectivity index (χ4n) is 2.40. The summed E-state index contributed by atoms with van der Waals surface area (Å²) >= 11 is 5.94. The lowest BCUT2D eigenvalue weighted by Gasteiger charge is -2.11. The number of amides is 1. The fourth-order valence-corrected chi connectivity index (χ4v) is 2.62. The minimum Gasteiger partial charge on any atom is -0.323 e. The normalized spacial score (nSPS) is 12.4. The fraction of sp³-hybridized carbons (Fsp3) is 0.176. The van der Waals surface area contributed by atoms with Gasteiger partial charge in [0.25, 0.3) is 11.6 Å². The number of carbonyl (C=O) groups is 1. The van der Waals surface area contributed by atoms with Gasteiger partial charge in [-0.15, -0.1) is 10.2 Å². The summed E-state index contributed by atoms with van der Waals surface area (Å²) < 4.78 is 38.6. The van der Waals surface area contributed by atoms with Crippen LogP contribution in [0.4, 0.5) is 24.5 Å². The number of rotatable bonds is 5. The highest BCUT2D eigenvalue weighted by molar-refractivity contribution is 6.34. The van der Waals surface area contributed by atoms with Crippen molar-refractivity contribution in [2.45, 2.75) is 19.1 Å². The van der Waals surface area contributed by atoms with Crippen molar-refractivity contribution in [2.75, 3.05) is 5.32 Å². The average Bonchev–Trinajstić information content (AvgIpc) is 3.18. The lowest BCUT2D eigenvalue weighted by atomic mass is 10.1. The molecule has 1 amide bonds. The molecule has 0 spiro atoms. The number of tetrazole rings is 1. The number of carbonyl (C=O) groups excluding carboxylic acids is 1. The minimum atomic E-state index is -4.52. The largest absolute Gasteiger partial charge is 0.416 e. The second-order valence-electron chi connectivity index (χ2n) is 6.10. The first-order chi connectivity index (χ1) is 14.1. The van der Waals surface area contributed by atoms with Crippen LogP contribution in [-0.4, -0.2) is 31.0 Å². The van der Waals surface area contributed by atoms with Crippen LogP contribution in [0.15, 0.2) is 42.5 Å². The molecule has 1 N–H and O–H groups in total. The molecule has 0 aliphatic heterocycles. The molecule has 1 atom stereocenters. The van der Waals surface area contributed by atoms with E-state index >= 15 is 0 Å². The number of hydrogen-bond acceptors (Lipinski definition) is 6. The van der Waals surface area contributed by atoms with Crippen LogP contribution in [0, 0.1) is 10.1 Å². The summed E-state index contributed by atoms with van der Waals surface area (Å²) in [5.41, 5.74) is -0.885. The summed E-state index contributed by atoms with van der Waals surface area (Å²) in [5.74, 6) is -0.701. The second kappa shape index (κ2) is 8.06. The van der Waals surface area contributed by atoms with E-state index in [1.807, 2.05) is 0 Å². The van der Waals surface area contributed by atoms with Crippen LogP contribution in [0.3, 0.4) is 0 Å². The van der Waals surface area contributed by atoms with E-state index in [0.717, 1.165) is 23.0 Å². The van der Waals surface area contributed by atoms with Crippen molar-refractivity contribution in [3.05, 3.63) is 63.2 Å². The van der Waals surface area contributed by atoms with Crippen LogP contribution in [0.5, 0.6) is 0 Å². The van der Waals surface area contributed by atoms with Gasteiger partial charge in [0.15, 0.2) is 0 Å². The van der Waals surface area contributed by atoms with Gasteiger partial charge in [-0.2, -0.15) is 18.0 Å². The Kier molecular flexibility index (Phi) is 5.69. The van der Waals surface area contributed by atoms with Gasteiger partial charge >= 0.3 is 6.18 Å². The number of nitro benzene ring substituents is 1. The maximum Gasteiger partial charge on any atom is 0.416 e. The molecule has 3 rings (SSSR count). The van der Waals surface area contributed by atoms with Crippen molar-refractivity contribution in [2.24, 2.45) is 0 Å². The van der Waals surface area contributed by atoms with Gasteiger partial charge in [0.05, 0.1) is 21.2 Å². The number of aromatic nitrogens is 4. The van der Waals surface area contributed by atoms with Crippen molar-refractivity contribution in [1.82, 2.24) is 20.2 Å². The van der Waals surface area contributed by atoms with E-state index in [1.165, 1.54) is 31.2 Å². The number of alkyl halides is 3. The number of nitrogens with one attached hydrogen (secondary N) is 1.